The maximum Gasteiger partial charge on any atom is 0.338 e. The van der Waals surface area contributed by atoms with Crippen LogP contribution in [0.3, 0.4) is 0 Å². The molecule has 0 bridgehead atoms. The topological polar surface area (TPSA) is 84.9 Å². The number of urea groups is 1. The number of hydrogen-bond acceptors (Lipinski definition) is 6. The molecule has 8 heteroatoms. The molecule has 0 aliphatic carbocycles. The van der Waals surface area contributed by atoms with Crippen molar-refractivity contribution in [2.45, 2.75) is 58.4 Å². The van der Waals surface area contributed by atoms with Crippen LogP contribution in [0.4, 0.5) is 10.5 Å². The summed E-state index contributed by atoms with van der Waals surface area (Å²) in [6, 6.07) is 5.57. The second-order valence-corrected chi connectivity index (χ2v) is 8.80. The fourth-order valence-electron chi connectivity index (χ4n) is 3.11. The van der Waals surface area contributed by atoms with Crippen LogP contribution in [0, 0.1) is 5.92 Å². The Hall–Kier alpha value is -2.22. The first-order valence-corrected chi connectivity index (χ1v) is 11.6. The molecule has 1 fully saturated rings. The van der Waals surface area contributed by atoms with Crippen molar-refractivity contribution in [3.8, 4) is 0 Å². The number of thioether (sulfide) groups is 1. The summed E-state index contributed by atoms with van der Waals surface area (Å²) in [7, 11) is 0. The van der Waals surface area contributed by atoms with Gasteiger partial charge in [0, 0.05) is 11.4 Å². The van der Waals surface area contributed by atoms with E-state index in [1.165, 1.54) is 0 Å². The number of carbonyl (C=O) groups excluding carboxylic acids is 3. The van der Waals surface area contributed by atoms with Gasteiger partial charge in [-0.15, -0.1) is 11.8 Å². The van der Waals surface area contributed by atoms with Crippen molar-refractivity contribution in [2.75, 3.05) is 24.3 Å². The minimum Gasteiger partial charge on any atom is -0.464 e. The molecule has 0 radical (unpaired) electrons. The van der Waals surface area contributed by atoms with Crippen LogP contribution >= 0.6 is 11.8 Å². The van der Waals surface area contributed by atoms with Gasteiger partial charge in [-0.3, -0.25) is 4.90 Å². The van der Waals surface area contributed by atoms with E-state index in [0.717, 1.165) is 19.3 Å². The van der Waals surface area contributed by atoms with E-state index in [4.69, 9.17) is 9.47 Å². The monoisotopic (exact) mass is 436 g/mol. The average molecular weight is 437 g/mol. The number of ether oxygens (including phenoxy) is 2. The maximum atomic E-state index is 13.1. The van der Waals surface area contributed by atoms with Crippen LogP contribution in [0.15, 0.2) is 24.3 Å². The molecule has 2 amide bonds. The van der Waals surface area contributed by atoms with E-state index in [2.05, 4.69) is 19.2 Å². The fraction of sp³-hybridized carbons (Fsp3) is 0.591. The molecular weight excluding hydrogens is 404 g/mol. The lowest BCUT2D eigenvalue weighted by Crippen LogP contribution is -2.48. The molecule has 0 aromatic heterocycles. The summed E-state index contributed by atoms with van der Waals surface area (Å²) >= 11 is 1.61. The average Bonchev–Trinajstić information content (AvgIpc) is 3.12. The molecule has 7 nitrogen and oxygen atoms in total. The number of hydrogen-bond donors (Lipinski definition) is 1. The van der Waals surface area contributed by atoms with Crippen molar-refractivity contribution in [3.63, 3.8) is 0 Å². The number of nitrogens with one attached hydrogen (secondary N) is 1. The molecule has 1 aromatic rings. The Labute approximate surface area is 182 Å². The standard InChI is InChI=1S/C22H32N2O5S/c1-5-7-12-29-21(26)18-14-30-19(13-15(3)4)24(18)22(27)23-17-10-8-16(9-11-17)20(25)28-6-2/h8-11,15,18-19H,5-7,12-14H2,1-4H3,(H,23,27). The van der Waals surface area contributed by atoms with E-state index in [0.29, 0.717) is 36.1 Å². The summed E-state index contributed by atoms with van der Waals surface area (Å²) in [5.74, 6) is 0.155. The predicted octanol–water partition coefficient (Wildman–Crippen LogP) is 4.53. The first-order valence-electron chi connectivity index (χ1n) is 10.5. The third-order valence-corrected chi connectivity index (χ3v) is 5.97. The third-order valence-electron chi connectivity index (χ3n) is 4.66. The second kappa shape index (κ2) is 11.8. The normalized spacial score (nSPS) is 18.4. The molecule has 1 heterocycles. The number of unbranched alkanes of at least 4 members (excludes halogenated alkanes) is 1. The zero-order valence-electron chi connectivity index (χ0n) is 18.2. The number of nitrogens with zero attached hydrogens (tertiary/aromatic N) is 1. The number of amides is 2. The summed E-state index contributed by atoms with van der Waals surface area (Å²) in [4.78, 5) is 39.1. The summed E-state index contributed by atoms with van der Waals surface area (Å²) in [5.41, 5.74) is 0.966. The largest absolute Gasteiger partial charge is 0.464 e. The van der Waals surface area contributed by atoms with Crippen LogP contribution in [0.2, 0.25) is 0 Å². The van der Waals surface area contributed by atoms with Gasteiger partial charge in [0.2, 0.25) is 0 Å². The van der Waals surface area contributed by atoms with E-state index in [-0.39, 0.29) is 17.4 Å². The number of carbonyl (C=O) groups is 3. The predicted molar refractivity (Wildman–Crippen MR) is 119 cm³/mol. The Kier molecular flexibility index (Phi) is 9.49. The van der Waals surface area contributed by atoms with E-state index in [1.807, 2.05) is 6.92 Å². The van der Waals surface area contributed by atoms with Crippen LogP contribution in [0.25, 0.3) is 0 Å². The highest BCUT2D eigenvalue weighted by molar-refractivity contribution is 8.00. The first-order chi connectivity index (χ1) is 14.4. The Balaban J connectivity index is 2.10. The molecule has 166 valence electrons. The smallest absolute Gasteiger partial charge is 0.338 e. The lowest BCUT2D eigenvalue weighted by atomic mass is 10.1. The minimum absolute atomic E-state index is 0.0902. The highest BCUT2D eigenvalue weighted by Gasteiger charge is 2.42. The van der Waals surface area contributed by atoms with Crippen molar-refractivity contribution < 1.29 is 23.9 Å². The summed E-state index contributed by atoms with van der Waals surface area (Å²) in [5, 5.41) is 2.76. The second-order valence-electron chi connectivity index (χ2n) is 7.59. The summed E-state index contributed by atoms with van der Waals surface area (Å²) in [6.45, 7) is 8.64. The Bertz CT molecular complexity index is 723. The Morgan fingerprint density at radius 1 is 1.17 bits per heavy atom. The van der Waals surface area contributed by atoms with Crippen molar-refractivity contribution in [1.29, 1.82) is 0 Å². The maximum absolute atomic E-state index is 13.1. The van der Waals surface area contributed by atoms with Crippen molar-refractivity contribution in [1.82, 2.24) is 4.90 Å². The number of anilines is 1. The van der Waals surface area contributed by atoms with Crippen LogP contribution in [-0.2, 0) is 14.3 Å². The van der Waals surface area contributed by atoms with Crippen molar-refractivity contribution in [2.24, 2.45) is 5.92 Å². The molecule has 1 aromatic carbocycles. The summed E-state index contributed by atoms with van der Waals surface area (Å²) in [6.07, 6.45) is 2.54. The van der Waals surface area contributed by atoms with Crippen molar-refractivity contribution >= 4 is 35.4 Å². The number of benzene rings is 1. The van der Waals surface area contributed by atoms with Gasteiger partial charge in [0.1, 0.15) is 6.04 Å². The molecule has 1 aliphatic heterocycles. The SMILES string of the molecule is CCCCOC(=O)C1CSC(CC(C)C)N1C(=O)Nc1ccc(C(=O)OCC)cc1. The van der Waals surface area contributed by atoms with Crippen LogP contribution in [-0.4, -0.2) is 53.3 Å². The minimum atomic E-state index is -0.602. The van der Waals surface area contributed by atoms with Crippen LogP contribution < -0.4 is 5.32 Å². The van der Waals surface area contributed by atoms with Gasteiger partial charge in [-0.2, -0.15) is 0 Å². The Morgan fingerprint density at radius 3 is 2.47 bits per heavy atom. The van der Waals surface area contributed by atoms with Gasteiger partial charge >= 0.3 is 18.0 Å². The molecule has 30 heavy (non-hydrogen) atoms. The van der Waals surface area contributed by atoms with Crippen LogP contribution in [0.1, 0.15) is 57.3 Å². The highest BCUT2D eigenvalue weighted by atomic mass is 32.2. The first kappa shape index (κ1) is 24.1. The Morgan fingerprint density at radius 2 is 1.87 bits per heavy atom. The number of rotatable bonds is 9. The zero-order valence-corrected chi connectivity index (χ0v) is 19.0. The number of esters is 2. The summed E-state index contributed by atoms with van der Waals surface area (Å²) < 4.78 is 10.4. The molecule has 1 N–H and O–H groups in total. The molecule has 0 spiro atoms. The highest BCUT2D eigenvalue weighted by Crippen LogP contribution is 2.34. The molecule has 1 aliphatic rings. The molecule has 2 atom stereocenters. The molecule has 1 saturated heterocycles. The fourth-order valence-corrected chi connectivity index (χ4v) is 4.73. The van der Waals surface area contributed by atoms with Gasteiger partial charge in [-0.1, -0.05) is 27.2 Å². The van der Waals surface area contributed by atoms with Gasteiger partial charge in [-0.25, -0.2) is 14.4 Å². The molecule has 2 unspecified atom stereocenters. The molecule has 0 saturated carbocycles. The van der Waals surface area contributed by atoms with E-state index in [9.17, 15) is 14.4 Å². The van der Waals surface area contributed by atoms with Gasteiger partial charge in [-0.05, 0) is 49.9 Å². The van der Waals surface area contributed by atoms with Gasteiger partial charge < -0.3 is 14.8 Å². The lowest BCUT2D eigenvalue weighted by Gasteiger charge is -2.29. The van der Waals surface area contributed by atoms with E-state index in [1.54, 1.807) is 47.9 Å². The third kappa shape index (κ3) is 6.65. The molecule has 2 rings (SSSR count). The quantitative estimate of drug-likeness (QED) is 0.452. The van der Waals surface area contributed by atoms with Gasteiger partial charge in [0.15, 0.2) is 0 Å². The van der Waals surface area contributed by atoms with Gasteiger partial charge in [0.05, 0.1) is 24.2 Å². The zero-order chi connectivity index (χ0) is 22.1. The van der Waals surface area contributed by atoms with Crippen LogP contribution in [0.5, 0.6) is 0 Å². The van der Waals surface area contributed by atoms with E-state index < -0.39 is 12.0 Å². The lowest BCUT2D eigenvalue weighted by molar-refractivity contribution is -0.148. The van der Waals surface area contributed by atoms with Crippen molar-refractivity contribution in [3.05, 3.63) is 29.8 Å². The van der Waals surface area contributed by atoms with Gasteiger partial charge in [0.25, 0.3) is 0 Å². The van der Waals surface area contributed by atoms with E-state index >= 15 is 0 Å². The molecular formula is C22H32N2O5S.